The van der Waals surface area contributed by atoms with Gasteiger partial charge in [0.05, 0.1) is 15.8 Å². The third kappa shape index (κ3) is 2.25. The Morgan fingerprint density at radius 1 is 1.23 bits per heavy atom. The van der Waals surface area contributed by atoms with Crippen LogP contribution in [0.15, 0.2) is 30.3 Å². The van der Waals surface area contributed by atoms with E-state index < -0.39 is 0 Å². The summed E-state index contributed by atoms with van der Waals surface area (Å²) in [5.41, 5.74) is 1.14. The number of carbonyl (C=O) groups is 2. The number of hydrogen-bond acceptors (Lipinski definition) is 3. The van der Waals surface area contributed by atoms with Crippen molar-refractivity contribution in [3.8, 4) is 0 Å². The maximum absolute atomic E-state index is 13.0. The summed E-state index contributed by atoms with van der Waals surface area (Å²) in [5.74, 6) is -0.119. The van der Waals surface area contributed by atoms with Crippen LogP contribution in [0.25, 0.3) is 0 Å². The van der Waals surface area contributed by atoms with Gasteiger partial charge in [-0.1, -0.05) is 52.9 Å². The van der Waals surface area contributed by atoms with E-state index in [0.717, 1.165) is 24.9 Å². The highest BCUT2D eigenvalue weighted by Gasteiger charge is 2.57. The zero-order valence-electron chi connectivity index (χ0n) is 12.2. The number of piperidine rings is 1. The fraction of sp³-hybridized carbons (Fsp3) is 0.529. The van der Waals surface area contributed by atoms with Gasteiger partial charge in [0.15, 0.2) is 0 Å². The van der Waals surface area contributed by atoms with Crippen LogP contribution in [0.2, 0.25) is 0 Å². The normalized spacial score (nSPS) is 37.0. The maximum Gasteiger partial charge on any atom is 0.310 e. The van der Waals surface area contributed by atoms with Gasteiger partial charge in [-0.25, -0.2) is 0 Å². The summed E-state index contributed by atoms with van der Waals surface area (Å²) in [6.45, 7) is 1.42. The molecule has 1 aromatic carbocycles. The fourth-order valence-electron chi connectivity index (χ4n) is 4.17. The van der Waals surface area contributed by atoms with E-state index in [-0.39, 0.29) is 39.7 Å². The first kappa shape index (κ1) is 14.5. The Balaban J connectivity index is 1.57. The molecule has 5 heteroatoms. The predicted octanol–water partition coefficient (Wildman–Crippen LogP) is 2.40. The molecule has 3 fully saturated rings. The summed E-state index contributed by atoms with van der Waals surface area (Å²) < 4.78 is 5.75. The van der Waals surface area contributed by atoms with Crippen molar-refractivity contribution in [3.05, 3.63) is 35.9 Å². The lowest BCUT2D eigenvalue weighted by Crippen LogP contribution is -2.53. The smallest absolute Gasteiger partial charge is 0.310 e. The average Bonchev–Trinajstić information content (AvgIpc) is 2.86. The van der Waals surface area contributed by atoms with Gasteiger partial charge in [-0.3, -0.25) is 9.59 Å². The molecule has 4 nitrogen and oxygen atoms in total. The summed E-state index contributed by atoms with van der Waals surface area (Å²) in [4.78, 5) is 27.0. The lowest BCUT2D eigenvalue weighted by molar-refractivity contribution is -0.151. The van der Waals surface area contributed by atoms with E-state index in [2.05, 4.69) is 22.6 Å². The molecule has 1 aliphatic carbocycles. The highest BCUT2D eigenvalue weighted by molar-refractivity contribution is 14.1. The van der Waals surface area contributed by atoms with Crippen molar-refractivity contribution in [2.75, 3.05) is 6.54 Å². The SMILES string of the molecule is O=C1O[C@@H]2C[C@H]1[C@@H]1C(=O)N(Cc3ccccc3)CC[C@H]1[C@@H]2I. The molecule has 5 atom stereocenters. The second-order valence-corrected chi connectivity index (χ2v) is 7.92. The third-order valence-corrected chi connectivity index (χ3v) is 6.99. The molecule has 116 valence electrons. The Hall–Kier alpha value is -1.11. The second kappa shape index (κ2) is 5.51. The summed E-state index contributed by atoms with van der Waals surface area (Å²) >= 11 is 2.38. The van der Waals surface area contributed by atoms with Crippen molar-refractivity contribution in [2.45, 2.75) is 29.4 Å². The molecule has 2 saturated heterocycles. The Morgan fingerprint density at radius 2 is 2.00 bits per heavy atom. The number of esters is 1. The second-order valence-electron chi connectivity index (χ2n) is 6.49. The van der Waals surface area contributed by atoms with E-state index in [1.54, 1.807) is 0 Å². The van der Waals surface area contributed by atoms with Gasteiger partial charge in [-0.15, -0.1) is 0 Å². The molecule has 0 spiro atoms. The van der Waals surface area contributed by atoms with Gasteiger partial charge >= 0.3 is 5.97 Å². The van der Waals surface area contributed by atoms with Crippen LogP contribution in [0.1, 0.15) is 18.4 Å². The Kier molecular flexibility index (Phi) is 3.63. The Morgan fingerprint density at radius 3 is 2.77 bits per heavy atom. The molecule has 4 rings (SSSR count). The molecule has 0 aromatic heterocycles. The van der Waals surface area contributed by atoms with E-state index in [0.29, 0.717) is 6.54 Å². The zero-order valence-corrected chi connectivity index (χ0v) is 14.3. The van der Waals surface area contributed by atoms with Gasteiger partial charge in [0.25, 0.3) is 0 Å². The predicted molar refractivity (Wildman–Crippen MR) is 89.3 cm³/mol. The Labute approximate surface area is 143 Å². The number of carbonyl (C=O) groups excluding carboxylic acids is 2. The molecular formula is C17H18INO3. The molecule has 0 unspecified atom stereocenters. The van der Waals surface area contributed by atoms with Crippen LogP contribution in [-0.2, 0) is 20.9 Å². The van der Waals surface area contributed by atoms with Crippen LogP contribution in [0.4, 0.5) is 0 Å². The zero-order chi connectivity index (χ0) is 15.3. The molecule has 3 aliphatic rings. The minimum atomic E-state index is -0.216. The first-order chi connectivity index (χ1) is 10.6. The minimum absolute atomic E-state index is 0.0211. The number of rotatable bonds is 2. The third-order valence-electron chi connectivity index (χ3n) is 5.26. The van der Waals surface area contributed by atoms with Crippen LogP contribution >= 0.6 is 22.6 Å². The van der Waals surface area contributed by atoms with E-state index in [1.165, 1.54) is 0 Å². The highest BCUT2D eigenvalue weighted by Crippen LogP contribution is 2.49. The van der Waals surface area contributed by atoms with Crippen molar-refractivity contribution in [1.29, 1.82) is 0 Å². The molecule has 22 heavy (non-hydrogen) atoms. The number of alkyl halides is 1. The van der Waals surface area contributed by atoms with Gasteiger partial charge < -0.3 is 9.64 Å². The molecule has 2 bridgehead atoms. The van der Waals surface area contributed by atoms with Gasteiger partial charge in [-0.2, -0.15) is 0 Å². The number of fused-ring (bicyclic) bond motifs is 4. The molecule has 2 heterocycles. The standard InChI is InChI=1S/C17H18INO3/c18-15-11-6-7-19(9-10-4-2-1-3-5-10)16(20)14(11)12-8-13(15)22-17(12)21/h1-5,11-15H,6-9H2/t11-,12+,13-,14-,15+/m1/s1. The van der Waals surface area contributed by atoms with Crippen molar-refractivity contribution >= 4 is 34.5 Å². The maximum atomic E-state index is 13.0. The van der Waals surface area contributed by atoms with Crippen LogP contribution in [-0.4, -0.2) is 33.3 Å². The van der Waals surface area contributed by atoms with Crippen molar-refractivity contribution in [1.82, 2.24) is 4.90 Å². The van der Waals surface area contributed by atoms with E-state index in [1.807, 2.05) is 35.2 Å². The van der Waals surface area contributed by atoms with Gasteiger partial charge in [-0.05, 0) is 24.3 Å². The number of benzene rings is 1. The number of ether oxygens (including phenoxy) is 1. The topological polar surface area (TPSA) is 46.6 Å². The average molecular weight is 411 g/mol. The van der Waals surface area contributed by atoms with E-state index in [4.69, 9.17) is 4.74 Å². The molecule has 0 radical (unpaired) electrons. The number of halogens is 1. The van der Waals surface area contributed by atoms with E-state index in [9.17, 15) is 9.59 Å². The highest BCUT2D eigenvalue weighted by atomic mass is 127. The quantitative estimate of drug-likeness (QED) is 0.427. The number of likely N-dealkylation sites (tertiary alicyclic amines) is 1. The van der Waals surface area contributed by atoms with Gasteiger partial charge in [0, 0.05) is 13.1 Å². The van der Waals surface area contributed by atoms with Crippen LogP contribution in [0.5, 0.6) is 0 Å². The number of amides is 1. The summed E-state index contributed by atoms with van der Waals surface area (Å²) in [6.07, 6.45) is 1.71. The molecule has 1 saturated carbocycles. The van der Waals surface area contributed by atoms with Crippen molar-refractivity contribution in [3.63, 3.8) is 0 Å². The first-order valence-electron chi connectivity index (χ1n) is 7.82. The largest absolute Gasteiger partial charge is 0.461 e. The van der Waals surface area contributed by atoms with Crippen LogP contribution in [0.3, 0.4) is 0 Å². The summed E-state index contributed by atoms with van der Waals surface area (Å²) in [7, 11) is 0. The molecule has 1 aromatic rings. The molecule has 0 N–H and O–H groups in total. The van der Waals surface area contributed by atoms with Crippen LogP contribution < -0.4 is 0 Å². The van der Waals surface area contributed by atoms with Crippen molar-refractivity contribution in [2.24, 2.45) is 17.8 Å². The fourth-order valence-corrected chi connectivity index (χ4v) is 5.42. The lowest BCUT2D eigenvalue weighted by atomic mass is 9.68. The van der Waals surface area contributed by atoms with E-state index >= 15 is 0 Å². The molecule has 1 amide bonds. The van der Waals surface area contributed by atoms with Gasteiger partial charge in [0.1, 0.15) is 6.10 Å². The summed E-state index contributed by atoms with van der Waals surface area (Å²) in [5, 5.41) is 0. The van der Waals surface area contributed by atoms with Crippen molar-refractivity contribution < 1.29 is 14.3 Å². The summed E-state index contributed by atoms with van der Waals surface area (Å²) in [6, 6.07) is 10.1. The Bertz CT molecular complexity index is 605. The monoisotopic (exact) mass is 411 g/mol. The van der Waals surface area contributed by atoms with Crippen LogP contribution in [0, 0.1) is 17.8 Å². The number of hydrogen-bond donors (Lipinski definition) is 0. The lowest BCUT2D eigenvalue weighted by Gasteiger charge is -2.44. The minimum Gasteiger partial charge on any atom is -0.461 e. The molecule has 2 aliphatic heterocycles. The van der Waals surface area contributed by atoms with Gasteiger partial charge in [0.2, 0.25) is 5.91 Å². The number of nitrogens with zero attached hydrogens (tertiary/aromatic N) is 1. The first-order valence-corrected chi connectivity index (χ1v) is 9.07. The molecular weight excluding hydrogens is 393 g/mol.